The summed E-state index contributed by atoms with van der Waals surface area (Å²) in [5.41, 5.74) is 12.6. The van der Waals surface area contributed by atoms with E-state index in [0.29, 0.717) is 31.7 Å². The molecule has 0 atom stereocenters. The Balaban J connectivity index is 2.65. The van der Waals surface area contributed by atoms with Crippen molar-refractivity contribution in [1.29, 1.82) is 0 Å². The number of amides is 1. The number of nitrogens with two attached hydrogens (primary N) is 2. The van der Waals surface area contributed by atoms with Gasteiger partial charge in [-0.15, -0.1) is 11.3 Å². The minimum Gasteiger partial charge on any atom is -0.390 e. The van der Waals surface area contributed by atoms with Crippen molar-refractivity contribution in [2.45, 2.75) is 0 Å². The van der Waals surface area contributed by atoms with Crippen LogP contribution in [0.15, 0.2) is 23.6 Å². The second-order valence-electron chi connectivity index (χ2n) is 3.38. The van der Waals surface area contributed by atoms with Gasteiger partial charge in [-0.1, -0.05) is 29.3 Å². The summed E-state index contributed by atoms with van der Waals surface area (Å²) >= 11 is 13.1. The molecule has 0 saturated carbocycles. The largest absolute Gasteiger partial charge is 0.390 e. The van der Waals surface area contributed by atoms with Crippen LogP contribution < -0.4 is 11.5 Å². The van der Waals surface area contributed by atoms with Gasteiger partial charge in [-0.25, -0.2) is 0 Å². The fourth-order valence-electron chi connectivity index (χ4n) is 1.53. The Labute approximate surface area is 112 Å². The van der Waals surface area contributed by atoms with E-state index in [2.05, 4.69) is 0 Å². The van der Waals surface area contributed by atoms with Gasteiger partial charge in [0.15, 0.2) is 0 Å². The second kappa shape index (κ2) is 4.56. The first-order valence-corrected chi connectivity index (χ1v) is 6.26. The summed E-state index contributed by atoms with van der Waals surface area (Å²) in [4.78, 5) is 11.3. The molecule has 1 aromatic carbocycles. The Morgan fingerprint density at radius 2 is 1.94 bits per heavy atom. The van der Waals surface area contributed by atoms with Gasteiger partial charge in [-0.3, -0.25) is 4.79 Å². The van der Waals surface area contributed by atoms with Crippen molar-refractivity contribution in [1.82, 2.24) is 0 Å². The van der Waals surface area contributed by atoms with Crippen molar-refractivity contribution >= 4 is 45.4 Å². The number of anilines is 1. The van der Waals surface area contributed by atoms with Gasteiger partial charge >= 0.3 is 0 Å². The lowest BCUT2D eigenvalue weighted by Crippen LogP contribution is -2.12. The molecule has 1 amide bonds. The minimum atomic E-state index is -0.565. The highest BCUT2D eigenvalue weighted by molar-refractivity contribution is 7.15. The van der Waals surface area contributed by atoms with Crippen LogP contribution in [0.5, 0.6) is 0 Å². The maximum absolute atomic E-state index is 11.3. The van der Waals surface area contributed by atoms with Gasteiger partial charge in [-0.2, -0.15) is 0 Å². The second-order valence-corrected chi connectivity index (χ2v) is 5.13. The summed E-state index contributed by atoms with van der Waals surface area (Å²) in [7, 11) is 0. The molecule has 1 aromatic heterocycles. The van der Waals surface area contributed by atoms with Crippen molar-refractivity contribution in [3.8, 4) is 11.1 Å². The van der Waals surface area contributed by atoms with E-state index < -0.39 is 5.91 Å². The van der Waals surface area contributed by atoms with Gasteiger partial charge in [0.05, 0.1) is 10.6 Å². The third kappa shape index (κ3) is 2.24. The molecule has 4 N–H and O–H groups in total. The van der Waals surface area contributed by atoms with Crippen LogP contribution in [0.4, 0.5) is 5.00 Å². The number of carbonyl (C=O) groups is 1. The number of hydrogen-bond donors (Lipinski definition) is 2. The molecule has 2 aromatic rings. The Kier molecular flexibility index (Phi) is 3.28. The van der Waals surface area contributed by atoms with E-state index in [1.54, 1.807) is 23.6 Å². The summed E-state index contributed by atoms with van der Waals surface area (Å²) in [6, 6.07) is 5.04. The van der Waals surface area contributed by atoms with Crippen molar-refractivity contribution < 1.29 is 4.79 Å². The Morgan fingerprint density at radius 3 is 2.53 bits per heavy atom. The highest BCUT2D eigenvalue weighted by atomic mass is 35.5. The lowest BCUT2D eigenvalue weighted by atomic mass is 10.0. The maximum Gasteiger partial charge on any atom is 0.252 e. The third-order valence-electron chi connectivity index (χ3n) is 2.29. The average molecular weight is 287 g/mol. The fraction of sp³-hybridized carbons (Fsp3) is 0. The van der Waals surface area contributed by atoms with Crippen LogP contribution in [0.2, 0.25) is 10.0 Å². The van der Waals surface area contributed by atoms with Crippen molar-refractivity contribution in [3.63, 3.8) is 0 Å². The first-order chi connectivity index (χ1) is 8.00. The van der Waals surface area contributed by atoms with Crippen molar-refractivity contribution in [2.24, 2.45) is 5.73 Å². The predicted octanol–water partition coefficient (Wildman–Crippen LogP) is 3.40. The molecular weight excluding hydrogens is 279 g/mol. The van der Waals surface area contributed by atoms with Gasteiger partial charge in [0.1, 0.15) is 0 Å². The molecule has 0 aliphatic carbocycles. The summed E-state index contributed by atoms with van der Waals surface area (Å²) < 4.78 is 0. The number of halogens is 2. The monoisotopic (exact) mass is 286 g/mol. The number of benzene rings is 1. The van der Waals surface area contributed by atoms with E-state index >= 15 is 0 Å². The number of thiophene rings is 1. The summed E-state index contributed by atoms with van der Waals surface area (Å²) in [6.45, 7) is 0. The van der Waals surface area contributed by atoms with Crippen molar-refractivity contribution in [3.05, 3.63) is 39.2 Å². The molecule has 88 valence electrons. The van der Waals surface area contributed by atoms with E-state index in [4.69, 9.17) is 34.7 Å². The maximum atomic E-state index is 11.3. The number of carbonyl (C=O) groups excluding carboxylic acids is 1. The Bertz CT molecular complexity index is 595. The summed E-state index contributed by atoms with van der Waals surface area (Å²) in [6.07, 6.45) is 0. The quantitative estimate of drug-likeness (QED) is 0.888. The molecule has 17 heavy (non-hydrogen) atoms. The van der Waals surface area contributed by atoms with Crippen molar-refractivity contribution in [2.75, 3.05) is 5.73 Å². The SMILES string of the molecule is NC(=O)c1c(-c2ccc(Cl)cc2Cl)csc1N. The standard InChI is InChI=1S/C11H8Cl2N2OS/c12-5-1-2-6(8(13)3-5)7-4-17-11(15)9(7)10(14)16/h1-4H,15H2,(H2,14,16). The molecule has 0 radical (unpaired) electrons. The smallest absolute Gasteiger partial charge is 0.252 e. The van der Waals surface area contributed by atoms with Gasteiger partial charge in [0.2, 0.25) is 0 Å². The fourth-order valence-corrected chi connectivity index (χ4v) is 2.86. The van der Waals surface area contributed by atoms with Crippen LogP contribution in [0.3, 0.4) is 0 Å². The van der Waals surface area contributed by atoms with Crippen LogP contribution in [0.25, 0.3) is 11.1 Å². The van der Waals surface area contributed by atoms with E-state index in [1.165, 1.54) is 11.3 Å². The lowest BCUT2D eigenvalue weighted by molar-refractivity contribution is 0.100. The average Bonchev–Trinajstić information content (AvgIpc) is 2.60. The molecule has 0 spiro atoms. The third-order valence-corrected chi connectivity index (χ3v) is 3.65. The van der Waals surface area contributed by atoms with Crippen LogP contribution in [-0.2, 0) is 0 Å². The Hall–Kier alpha value is -1.23. The normalized spacial score (nSPS) is 10.5. The van der Waals surface area contributed by atoms with E-state index in [1.807, 2.05) is 0 Å². The topological polar surface area (TPSA) is 69.1 Å². The zero-order chi connectivity index (χ0) is 12.6. The summed E-state index contributed by atoms with van der Waals surface area (Å²) in [5, 5.41) is 3.13. The van der Waals surface area contributed by atoms with Gasteiger partial charge < -0.3 is 11.5 Å². The highest BCUT2D eigenvalue weighted by Crippen LogP contribution is 2.37. The predicted molar refractivity (Wildman–Crippen MR) is 72.7 cm³/mol. The van der Waals surface area contributed by atoms with E-state index in [-0.39, 0.29) is 0 Å². The first-order valence-electron chi connectivity index (χ1n) is 4.63. The van der Waals surface area contributed by atoms with Gasteiger partial charge in [0.25, 0.3) is 5.91 Å². The van der Waals surface area contributed by atoms with E-state index in [9.17, 15) is 4.79 Å². The molecule has 0 unspecified atom stereocenters. The molecular formula is C11H8Cl2N2OS. The molecule has 3 nitrogen and oxygen atoms in total. The van der Waals surface area contributed by atoms with Crippen LogP contribution in [0, 0.1) is 0 Å². The lowest BCUT2D eigenvalue weighted by Gasteiger charge is -2.05. The number of rotatable bonds is 2. The molecule has 0 aliphatic heterocycles. The molecule has 1 heterocycles. The number of nitrogen functional groups attached to an aromatic ring is 1. The minimum absolute atomic E-state index is 0.305. The van der Waals surface area contributed by atoms with Gasteiger partial charge in [-0.05, 0) is 12.1 Å². The van der Waals surface area contributed by atoms with Gasteiger partial charge in [0, 0.05) is 26.6 Å². The number of primary amides is 1. The molecule has 0 bridgehead atoms. The Morgan fingerprint density at radius 1 is 1.24 bits per heavy atom. The zero-order valence-corrected chi connectivity index (χ0v) is 10.9. The molecule has 0 fully saturated rings. The molecule has 2 rings (SSSR count). The molecule has 0 aliphatic rings. The van der Waals surface area contributed by atoms with Crippen LogP contribution in [0.1, 0.15) is 10.4 Å². The van der Waals surface area contributed by atoms with Crippen LogP contribution >= 0.6 is 34.5 Å². The number of hydrogen-bond acceptors (Lipinski definition) is 3. The molecule has 6 heteroatoms. The zero-order valence-electron chi connectivity index (χ0n) is 8.54. The highest BCUT2D eigenvalue weighted by Gasteiger charge is 2.17. The van der Waals surface area contributed by atoms with E-state index in [0.717, 1.165) is 0 Å². The first kappa shape index (κ1) is 12.2. The molecule has 0 saturated heterocycles. The summed E-state index contributed by atoms with van der Waals surface area (Å²) in [5.74, 6) is -0.565. The van der Waals surface area contributed by atoms with Crippen LogP contribution in [-0.4, -0.2) is 5.91 Å².